The van der Waals surface area contributed by atoms with Crippen LogP contribution in [0.4, 0.5) is 0 Å². The minimum Gasteiger partial charge on any atom is -0.489 e. The molecule has 0 amide bonds. The van der Waals surface area contributed by atoms with Crippen LogP contribution in [0.15, 0.2) is 48.5 Å². The Balaban J connectivity index is 0.00000117. The van der Waals surface area contributed by atoms with E-state index in [0.717, 1.165) is 22.6 Å². The number of carboxylic acids is 1. The molecule has 26 heavy (non-hydrogen) atoms. The monoisotopic (exact) mass is 358 g/mol. The fraction of sp³-hybridized carbons (Fsp3) is 0.381. The van der Waals surface area contributed by atoms with Crippen molar-refractivity contribution in [1.29, 1.82) is 0 Å². The Hall–Kier alpha value is -2.53. The van der Waals surface area contributed by atoms with E-state index in [-0.39, 0.29) is 12.5 Å². The topological polar surface area (TPSA) is 65.0 Å². The summed E-state index contributed by atoms with van der Waals surface area (Å²) in [6.07, 6.45) is -0.636. The Morgan fingerprint density at radius 3 is 2.54 bits per heavy atom. The van der Waals surface area contributed by atoms with Crippen LogP contribution in [-0.2, 0) is 9.53 Å². The SMILES string of the molecule is CC.CCO[C@@H](CC(=O)O)c1ccc(O[C@@H]2COc3ccccc32)cc1. The van der Waals surface area contributed by atoms with Gasteiger partial charge in [0.15, 0.2) is 6.10 Å². The second-order valence-corrected chi connectivity index (χ2v) is 5.57. The third kappa shape index (κ3) is 4.99. The number of fused-ring (bicyclic) bond motifs is 1. The minimum atomic E-state index is -0.881. The van der Waals surface area contributed by atoms with Gasteiger partial charge in [0.25, 0.3) is 0 Å². The number of hydrogen-bond acceptors (Lipinski definition) is 4. The molecule has 0 unspecified atom stereocenters. The Bertz CT molecular complexity index is 696. The van der Waals surface area contributed by atoms with Crippen LogP contribution in [-0.4, -0.2) is 24.3 Å². The molecule has 0 aromatic heterocycles. The third-order valence-corrected chi connectivity index (χ3v) is 3.91. The van der Waals surface area contributed by atoms with Gasteiger partial charge in [-0.25, -0.2) is 0 Å². The van der Waals surface area contributed by atoms with Gasteiger partial charge in [-0.05, 0) is 30.7 Å². The molecule has 5 nitrogen and oxygen atoms in total. The van der Waals surface area contributed by atoms with E-state index in [2.05, 4.69) is 0 Å². The Morgan fingerprint density at radius 2 is 1.88 bits per heavy atom. The van der Waals surface area contributed by atoms with E-state index < -0.39 is 12.1 Å². The first-order valence-electron chi connectivity index (χ1n) is 8.99. The highest BCUT2D eigenvalue weighted by molar-refractivity contribution is 5.67. The van der Waals surface area contributed by atoms with Gasteiger partial charge in [-0.2, -0.15) is 0 Å². The van der Waals surface area contributed by atoms with Crippen molar-refractivity contribution in [3.05, 3.63) is 59.7 Å². The summed E-state index contributed by atoms with van der Waals surface area (Å²) in [7, 11) is 0. The van der Waals surface area contributed by atoms with Gasteiger partial charge in [-0.3, -0.25) is 4.79 Å². The Morgan fingerprint density at radius 1 is 1.19 bits per heavy atom. The number of ether oxygens (including phenoxy) is 3. The van der Waals surface area contributed by atoms with Crippen LogP contribution in [0.2, 0.25) is 0 Å². The van der Waals surface area contributed by atoms with Crippen LogP contribution < -0.4 is 9.47 Å². The van der Waals surface area contributed by atoms with Crippen LogP contribution in [0.3, 0.4) is 0 Å². The summed E-state index contributed by atoms with van der Waals surface area (Å²) in [4.78, 5) is 11.0. The van der Waals surface area contributed by atoms with Crippen LogP contribution in [0.5, 0.6) is 11.5 Å². The molecule has 0 spiro atoms. The predicted octanol–water partition coefficient (Wildman–Crippen LogP) is 4.78. The van der Waals surface area contributed by atoms with Gasteiger partial charge < -0.3 is 19.3 Å². The highest BCUT2D eigenvalue weighted by atomic mass is 16.5. The van der Waals surface area contributed by atoms with Gasteiger partial charge >= 0.3 is 5.97 Å². The number of hydrogen-bond donors (Lipinski definition) is 1. The van der Waals surface area contributed by atoms with Crippen molar-refractivity contribution < 1.29 is 24.1 Å². The van der Waals surface area contributed by atoms with E-state index >= 15 is 0 Å². The lowest BCUT2D eigenvalue weighted by Crippen LogP contribution is -2.11. The molecular weight excluding hydrogens is 332 g/mol. The van der Waals surface area contributed by atoms with Gasteiger partial charge in [0.05, 0.1) is 12.5 Å². The van der Waals surface area contributed by atoms with Gasteiger partial charge in [-0.15, -0.1) is 0 Å². The van der Waals surface area contributed by atoms with Crippen molar-refractivity contribution in [2.75, 3.05) is 13.2 Å². The molecular formula is C21H26O5. The molecule has 0 saturated heterocycles. The molecule has 0 fully saturated rings. The van der Waals surface area contributed by atoms with Crippen molar-refractivity contribution in [1.82, 2.24) is 0 Å². The van der Waals surface area contributed by atoms with E-state index in [1.807, 2.05) is 69.3 Å². The van der Waals surface area contributed by atoms with E-state index in [1.54, 1.807) is 0 Å². The predicted molar refractivity (Wildman–Crippen MR) is 99.7 cm³/mol. The molecule has 5 heteroatoms. The first-order valence-corrected chi connectivity index (χ1v) is 8.99. The fourth-order valence-electron chi connectivity index (χ4n) is 2.79. The molecule has 1 N–H and O–H groups in total. The standard InChI is InChI=1S/C19H20O5.C2H6/c1-2-22-17(11-19(20)21)13-7-9-14(10-8-13)24-18-12-23-16-6-4-3-5-15(16)18;1-2/h3-10,17-18H,2,11-12H2,1H3,(H,20,21);1-2H3/t17-,18+;/m0./s1. The maximum atomic E-state index is 11.0. The first kappa shape index (κ1) is 19.8. The second kappa shape index (κ2) is 9.82. The number of carboxylic acid groups (broad SMARTS) is 1. The number of rotatable bonds is 7. The molecule has 0 bridgehead atoms. The van der Waals surface area contributed by atoms with Crippen LogP contribution >= 0.6 is 0 Å². The molecule has 0 radical (unpaired) electrons. The third-order valence-electron chi connectivity index (χ3n) is 3.91. The van der Waals surface area contributed by atoms with Crippen molar-refractivity contribution in [3.63, 3.8) is 0 Å². The minimum absolute atomic E-state index is 0.0577. The molecule has 3 rings (SSSR count). The van der Waals surface area contributed by atoms with Crippen molar-refractivity contribution >= 4 is 5.97 Å². The molecule has 2 aromatic rings. The average Bonchev–Trinajstić information content (AvgIpc) is 3.06. The summed E-state index contributed by atoms with van der Waals surface area (Å²) < 4.78 is 17.1. The summed E-state index contributed by atoms with van der Waals surface area (Å²) in [6, 6.07) is 15.2. The first-order chi connectivity index (χ1) is 12.7. The Labute approximate surface area is 154 Å². The molecule has 1 heterocycles. The Kier molecular flexibility index (Phi) is 7.48. The number of benzene rings is 2. The molecule has 1 aliphatic rings. The zero-order chi connectivity index (χ0) is 18.9. The van der Waals surface area contributed by atoms with Gasteiger partial charge in [-0.1, -0.05) is 44.2 Å². The van der Waals surface area contributed by atoms with Crippen LogP contribution in [0.25, 0.3) is 0 Å². The largest absolute Gasteiger partial charge is 0.489 e. The van der Waals surface area contributed by atoms with Crippen molar-refractivity contribution in [3.8, 4) is 11.5 Å². The lowest BCUT2D eigenvalue weighted by atomic mass is 10.1. The number of aliphatic carboxylic acids is 1. The normalized spacial score (nSPS) is 15.9. The maximum Gasteiger partial charge on any atom is 0.306 e. The summed E-state index contributed by atoms with van der Waals surface area (Å²) >= 11 is 0. The molecule has 2 aromatic carbocycles. The van der Waals surface area contributed by atoms with Crippen LogP contribution in [0, 0.1) is 0 Å². The summed E-state index contributed by atoms with van der Waals surface area (Å²) in [6.45, 7) is 6.80. The maximum absolute atomic E-state index is 11.0. The van der Waals surface area contributed by atoms with E-state index in [9.17, 15) is 4.79 Å². The summed E-state index contributed by atoms with van der Waals surface area (Å²) in [5.41, 5.74) is 1.87. The molecule has 0 aliphatic carbocycles. The lowest BCUT2D eigenvalue weighted by Gasteiger charge is -2.17. The van der Waals surface area contributed by atoms with Crippen LogP contribution in [0.1, 0.15) is 50.5 Å². The van der Waals surface area contributed by atoms with E-state index in [1.165, 1.54) is 0 Å². The fourth-order valence-corrected chi connectivity index (χ4v) is 2.79. The second-order valence-electron chi connectivity index (χ2n) is 5.57. The highest BCUT2D eigenvalue weighted by Gasteiger charge is 2.25. The van der Waals surface area contributed by atoms with Gasteiger partial charge in [0.2, 0.25) is 0 Å². The van der Waals surface area contributed by atoms with Gasteiger partial charge in [0.1, 0.15) is 18.1 Å². The number of carbonyl (C=O) groups is 1. The van der Waals surface area contributed by atoms with Crippen molar-refractivity contribution in [2.24, 2.45) is 0 Å². The lowest BCUT2D eigenvalue weighted by molar-refractivity contribution is -0.140. The average molecular weight is 358 g/mol. The molecule has 140 valence electrons. The molecule has 2 atom stereocenters. The van der Waals surface area contributed by atoms with Gasteiger partial charge in [0, 0.05) is 12.2 Å². The zero-order valence-electron chi connectivity index (χ0n) is 15.5. The number of para-hydroxylation sites is 1. The molecule has 1 aliphatic heterocycles. The smallest absolute Gasteiger partial charge is 0.306 e. The van der Waals surface area contributed by atoms with E-state index in [0.29, 0.717) is 13.2 Å². The van der Waals surface area contributed by atoms with Crippen molar-refractivity contribution in [2.45, 2.75) is 39.4 Å². The quantitative estimate of drug-likeness (QED) is 0.772. The van der Waals surface area contributed by atoms with E-state index in [4.69, 9.17) is 19.3 Å². The summed E-state index contributed by atoms with van der Waals surface area (Å²) in [5, 5.41) is 8.99. The highest BCUT2D eigenvalue weighted by Crippen LogP contribution is 2.35. The zero-order valence-corrected chi connectivity index (χ0v) is 15.5. The summed E-state index contributed by atoms with van der Waals surface area (Å²) in [5.74, 6) is 0.695. The molecule has 0 saturated carbocycles.